The van der Waals surface area contributed by atoms with E-state index >= 15 is 0 Å². The molecule has 1 aromatic heterocycles. The molecule has 1 heterocycles. The zero-order valence-electron chi connectivity index (χ0n) is 12.7. The molecule has 1 aromatic carbocycles. The number of anilines is 1. The van der Waals surface area contributed by atoms with Crippen LogP contribution in [0.1, 0.15) is 22.9 Å². The van der Waals surface area contributed by atoms with Crippen LogP contribution in [0.3, 0.4) is 0 Å². The number of hydrogen-bond acceptors (Lipinski definition) is 4. The van der Waals surface area contributed by atoms with Crippen LogP contribution in [0.15, 0.2) is 22.7 Å². The van der Waals surface area contributed by atoms with Crippen molar-refractivity contribution in [3.05, 3.63) is 44.5 Å². The van der Waals surface area contributed by atoms with E-state index < -0.39 is 11.9 Å². The van der Waals surface area contributed by atoms with E-state index in [-0.39, 0.29) is 5.91 Å². The Balaban J connectivity index is 2.12. The zero-order valence-corrected chi connectivity index (χ0v) is 15.1. The van der Waals surface area contributed by atoms with Crippen LogP contribution in [0.4, 0.5) is 9.39 Å². The molecule has 0 radical (unpaired) electrons. The Hall–Kier alpha value is -1.91. The summed E-state index contributed by atoms with van der Waals surface area (Å²) in [6, 6.07) is 6.07. The quantitative estimate of drug-likeness (QED) is 0.824. The van der Waals surface area contributed by atoms with Crippen LogP contribution in [-0.2, 0) is 4.79 Å². The molecule has 1 unspecified atom stereocenters. The molecule has 0 aliphatic carbocycles. The van der Waals surface area contributed by atoms with Crippen molar-refractivity contribution < 1.29 is 13.9 Å². The lowest BCUT2D eigenvalue weighted by Gasteiger charge is -2.15. The highest BCUT2D eigenvalue weighted by atomic mass is 79.9. The number of carbonyl (C=O) groups is 1. The molecule has 4 nitrogen and oxygen atoms in total. The topological polar surface area (TPSA) is 62.1 Å². The summed E-state index contributed by atoms with van der Waals surface area (Å²) < 4.78 is 19.0. The Morgan fingerprint density at radius 1 is 1.48 bits per heavy atom. The molecule has 7 heteroatoms. The third-order valence-electron chi connectivity index (χ3n) is 3.30. The first-order chi connectivity index (χ1) is 10.8. The van der Waals surface area contributed by atoms with Gasteiger partial charge in [0.15, 0.2) is 6.10 Å². The summed E-state index contributed by atoms with van der Waals surface area (Å²) >= 11 is 4.54. The van der Waals surface area contributed by atoms with Gasteiger partial charge in [-0.2, -0.15) is 5.26 Å². The van der Waals surface area contributed by atoms with E-state index in [1.54, 1.807) is 6.92 Å². The van der Waals surface area contributed by atoms with Gasteiger partial charge in [0.05, 0.1) is 10.0 Å². The van der Waals surface area contributed by atoms with Crippen LogP contribution in [0.2, 0.25) is 0 Å². The monoisotopic (exact) mass is 396 g/mol. The predicted octanol–water partition coefficient (Wildman–Crippen LogP) is 4.54. The maximum absolute atomic E-state index is 13.1. The van der Waals surface area contributed by atoms with Crippen LogP contribution in [-0.4, -0.2) is 12.0 Å². The van der Waals surface area contributed by atoms with Gasteiger partial charge in [-0.15, -0.1) is 11.3 Å². The number of nitrogens with zero attached hydrogens (tertiary/aromatic N) is 1. The molecule has 0 bridgehead atoms. The molecule has 23 heavy (non-hydrogen) atoms. The fourth-order valence-electron chi connectivity index (χ4n) is 1.88. The Morgan fingerprint density at radius 2 is 2.17 bits per heavy atom. The maximum Gasteiger partial charge on any atom is 0.265 e. The Labute approximate surface area is 146 Å². The van der Waals surface area contributed by atoms with Crippen LogP contribution in [0.25, 0.3) is 0 Å². The second kappa shape index (κ2) is 7.11. The minimum absolute atomic E-state index is 0.369. The third-order valence-corrected chi connectivity index (χ3v) is 5.04. The average Bonchev–Trinajstić information content (AvgIpc) is 2.76. The van der Waals surface area contributed by atoms with Gasteiger partial charge in [-0.05, 0) is 60.5 Å². The van der Waals surface area contributed by atoms with E-state index in [0.717, 1.165) is 10.4 Å². The number of rotatable bonds is 4. The number of halogens is 2. The van der Waals surface area contributed by atoms with Gasteiger partial charge in [0, 0.05) is 4.88 Å². The lowest BCUT2D eigenvalue weighted by Crippen LogP contribution is -2.30. The van der Waals surface area contributed by atoms with Crippen LogP contribution >= 0.6 is 27.3 Å². The molecule has 0 spiro atoms. The first-order valence-corrected chi connectivity index (χ1v) is 8.37. The second-order valence-electron chi connectivity index (χ2n) is 4.92. The van der Waals surface area contributed by atoms with Crippen molar-refractivity contribution in [2.45, 2.75) is 26.9 Å². The van der Waals surface area contributed by atoms with Crippen molar-refractivity contribution in [2.75, 3.05) is 5.32 Å². The van der Waals surface area contributed by atoms with Gasteiger partial charge in [0.1, 0.15) is 22.6 Å². The molecular formula is C16H14BrFN2O2S. The number of hydrogen-bond donors (Lipinski definition) is 1. The summed E-state index contributed by atoms with van der Waals surface area (Å²) in [5.41, 5.74) is 1.33. The molecule has 1 N–H and O–H groups in total. The van der Waals surface area contributed by atoms with Crippen LogP contribution in [0.5, 0.6) is 5.75 Å². The van der Waals surface area contributed by atoms with Gasteiger partial charge in [-0.3, -0.25) is 4.79 Å². The Kier molecular flexibility index (Phi) is 5.39. The van der Waals surface area contributed by atoms with Crippen LogP contribution in [0, 0.1) is 31.0 Å². The van der Waals surface area contributed by atoms with Crippen molar-refractivity contribution in [2.24, 2.45) is 0 Å². The first kappa shape index (κ1) is 17.4. The second-order valence-corrected chi connectivity index (χ2v) is 7.00. The Bertz CT molecular complexity index is 798. The van der Waals surface area contributed by atoms with E-state index in [1.165, 1.54) is 29.5 Å². The molecule has 0 saturated heterocycles. The van der Waals surface area contributed by atoms with E-state index in [9.17, 15) is 14.4 Å². The molecule has 0 fully saturated rings. The van der Waals surface area contributed by atoms with Crippen molar-refractivity contribution in [1.29, 1.82) is 5.26 Å². The molecule has 0 saturated carbocycles. The first-order valence-electron chi connectivity index (χ1n) is 6.76. The fraction of sp³-hybridized carbons (Fsp3) is 0.250. The summed E-state index contributed by atoms with van der Waals surface area (Å²) in [5, 5.41) is 12.4. The van der Waals surface area contributed by atoms with Gasteiger partial charge in [0.2, 0.25) is 0 Å². The minimum Gasteiger partial charge on any atom is -0.480 e. The average molecular weight is 397 g/mol. The summed E-state index contributed by atoms with van der Waals surface area (Å²) in [6.07, 6.45) is -0.800. The van der Waals surface area contributed by atoms with Gasteiger partial charge in [-0.25, -0.2) is 4.39 Å². The van der Waals surface area contributed by atoms with E-state index in [4.69, 9.17) is 4.74 Å². The highest BCUT2D eigenvalue weighted by molar-refractivity contribution is 9.10. The van der Waals surface area contributed by atoms with E-state index in [1.807, 2.05) is 13.8 Å². The lowest BCUT2D eigenvalue weighted by atomic mass is 10.2. The normalized spacial score (nSPS) is 11.7. The molecular weight excluding hydrogens is 383 g/mol. The largest absolute Gasteiger partial charge is 0.480 e. The molecule has 2 rings (SSSR count). The third kappa shape index (κ3) is 3.89. The number of nitriles is 1. The smallest absolute Gasteiger partial charge is 0.265 e. The highest BCUT2D eigenvalue weighted by Gasteiger charge is 2.20. The number of benzene rings is 1. The van der Waals surface area contributed by atoms with Crippen LogP contribution < -0.4 is 10.1 Å². The highest BCUT2D eigenvalue weighted by Crippen LogP contribution is 2.32. The van der Waals surface area contributed by atoms with Gasteiger partial charge < -0.3 is 10.1 Å². The van der Waals surface area contributed by atoms with Gasteiger partial charge in [0.25, 0.3) is 5.91 Å². The predicted molar refractivity (Wildman–Crippen MR) is 91.3 cm³/mol. The SMILES string of the molecule is Cc1sc(NC(=O)C(C)Oc2ccc(F)cc2Br)c(C#N)c1C. The number of aryl methyl sites for hydroxylation is 1. The summed E-state index contributed by atoms with van der Waals surface area (Å²) in [5.74, 6) is -0.406. The summed E-state index contributed by atoms with van der Waals surface area (Å²) in [6.45, 7) is 5.33. The number of nitrogens with one attached hydrogen (secondary N) is 1. The molecule has 1 amide bonds. The minimum atomic E-state index is -0.800. The number of ether oxygens (including phenoxy) is 1. The number of thiophene rings is 1. The molecule has 0 aliphatic rings. The van der Waals surface area contributed by atoms with Gasteiger partial charge in [-0.1, -0.05) is 0 Å². The van der Waals surface area contributed by atoms with Crippen molar-refractivity contribution in [3.8, 4) is 11.8 Å². The number of carbonyl (C=O) groups excluding carboxylic acids is 1. The zero-order chi connectivity index (χ0) is 17.1. The molecule has 1 atom stereocenters. The van der Waals surface area contributed by atoms with E-state index in [2.05, 4.69) is 27.3 Å². The standard InChI is InChI=1S/C16H14BrFN2O2S/c1-8-10(3)23-16(12(8)7-19)20-15(21)9(2)22-14-5-4-11(18)6-13(14)17/h4-6,9H,1-3H3,(H,20,21). The Morgan fingerprint density at radius 3 is 2.78 bits per heavy atom. The van der Waals surface area contributed by atoms with Crippen molar-refractivity contribution in [3.63, 3.8) is 0 Å². The van der Waals surface area contributed by atoms with E-state index in [0.29, 0.717) is 20.8 Å². The van der Waals surface area contributed by atoms with Crippen molar-refractivity contribution >= 4 is 38.2 Å². The fourth-order valence-corrected chi connectivity index (χ4v) is 3.34. The summed E-state index contributed by atoms with van der Waals surface area (Å²) in [7, 11) is 0. The lowest BCUT2D eigenvalue weighted by molar-refractivity contribution is -0.122. The van der Waals surface area contributed by atoms with Crippen molar-refractivity contribution in [1.82, 2.24) is 0 Å². The van der Waals surface area contributed by atoms with Gasteiger partial charge >= 0.3 is 0 Å². The summed E-state index contributed by atoms with van der Waals surface area (Å²) in [4.78, 5) is 13.2. The number of amides is 1. The molecule has 120 valence electrons. The maximum atomic E-state index is 13.1. The molecule has 2 aromatic rings. The molecule has 0 aliphatic heterocycles.